The number of unbranched alkanes of at least 4 members (excludes halogenated alkanes) is 1. The van der Waals surface area contributed by atoms with E-state index < -0.39 is 11.6 Å². The van der Waals surface area contributed by atoms with E-state index in [0.717, 1.165) is 12.8 Å². The average Bonchev–Trinajstić information content (AvgIpc) is 3.29. The number of nitrogens with zero attached hydrogens (tertiary/aromatic N) is 5. The number of carbonyl (C=O) groups excluding carboxylic acids is 1. The van der Waals surface area contributed by atoms with Crippen molar-refractivity contribution in [3.05, 3.63) is 65.5 Å². The highest BCUT2D eigenvalue weighted by atomic mass is 19.1. The van der Waals surface area contributed by atoms with Crippen molar-refractivity contribution in [2.24, 2.45) is 0 Å². The Bertz CT molecular complexity index is 1760. The van der Waals surface area contributed by atoms with Gasteiger partial charge < -0.3 is 14.5 Å². The Hall–Kier alpha value is -4.76. The highest BCUT2D eigenvalue weighted by molar-refractivity contribution is 6.03. The van der Waals surface area contributed by atoms with Crippen LogP contribution in [-0.4, -0.2) is 52.7 Å². The Morgan fingerprint density at radius 1 is 1.20 bits per heavy atom. The number of ether oxygens (including phenoxy) is 1. The number of hydrogen-bond donors (Lipinski definition) is 0. The van der Waals surface area contributed by atoms with E-state index in [-0.39, 0.29) is 35.0 Å². The number of benzene rings is 2. The van der Waals surface area contributed by atoms with Gasteiger partial charge in [-0.3, -0.25) is 9.97 Å². The van der Waals surface area contributed by atoms with Crippen molar-refractivity contribution >= 4 is 33.5 Å². The molecule has 0 aliphatic carbocycles. The fraction of sp³-hybridized carbons (Fsp3) is 0.290. The van der Waals surface area contributed by atoms with Gasteiger partial charge in [0, 0.05) is 41.8 Å². The monoisotopic (exact) mass is 537 g/mol. The third-order valence-corrected chi connectivity index (χ3v) is 7.88. The molecule has 0 radical (unpaired) electrons. The molecular weight excluding hydrogens is 512 g/mol. The van der Waals surface area contributed by atoms with Gasteiger partial charge in [0.25, 0.3) is 0 Å². The zero-order valence-electron chi connectivity index (χ0n) is 21.8. The van der Waals surface area contributed by atoms with Crippen LogP contribution in [0.2, 0.25) is 0 Å². The molecule has 40 heavy (non-hydrogen) atoms. The maximum atomic E-state index is 16.2. The van der Waals surface area contributed by atoms with Crippen molar-refractivity contribution in [2.75, 3.05) is 24.6 Å². The molecule has 0 N–H and O–H groups in total. The molecule has 0 saturated carbocycles. The van der Waals surface area contributed by atoms with E-state index in [9.17, 15) is 14.4 Å². The molecule has 6 rings (SSSR count). The minimum Gasteiger partial charge on any atom is -0.449 e. The van der Waals surface area contributed by atoms with Gasteiger partial charge in [-0.2, -0.15) is 5.26 Å². The zero-order valence-corrected chi connectivity index (χ0v) is 21.8. The molecule has 2 aliphatic heterocycles. The second kappa shape index (κ2) is 10.1. The predicted molar refractivity (Wildman–Crippen MR) is 148 cm³/mol. The molecule has 4 heterocycles. The topological polar surface area (TPSA) is 82.4 Å². The molecule has 200 valence electrons. The number of nitriles is 1. The number of amides is 1. The number of rotatable bonds is 5. The Morgan fingerprint density at radius 2 is 2.05 bits per heavy atom. The second-order valence-corrected chi connectivity index (χ2v) is 10.0. The zero-order chi connectivity index (χ0) is 28.0. The minimum absolute atomic E-state index is 0.00768. The Kier molecular flexibility index (Phi) is 6.43. The lowest BCUT2D eigenvalue weighted by molar-refractivity contribution is 0.0897. The number of terminal acetylenes is 1. The fourth-order valence-corrected chi connectivity index (χ4v) is 5.87. The van der Waals surface area contributed by atoms with Crippen LogP contribution >= 0.6 is 0 Å². The van der Waals surface area contributed by atoms with Crippen molar-refractivity contribution in [3.8, 4) is 29.7 Å². The van der Waals surface area contributed by atoms with Crippen LogP contribution in [0.5, 0.6) is 0 Å². The molecule has 1 amide bonds. The van der Waals surface area contributed by atoms with E-state index in [1.165, 1.54) is 18.5 Å². The molecule has 2 aliphatic rings. The van der Waals surface area contributed by atoms with E-state index in [1.807, 2.05) is 11.8 Å². The summed E-state index contributed by atoms with van der Waals surface area (Å²) in [4.78, 5) is 25.1. The Morgan fingerprint density at radius 3 is 2.83 bits per heavy atom. The molecule has 0 spiro atoms. The molecule has 4 aromatic rings. The van der Waals surface area contributed by atoms with Gasteiger partial charge in [0.2, 0.25) is 0 Å². The van der Waals surface area contributed by atoms with E-state index in [1.54, 1.807) is 29.2 Å². The third kappa shape index (κ3) is 3.89. The summed E-state index contributed by atoms with van der Waals surface area (Å²) < 4.78 is 36.1. The van der Waals surface area contributed by atoms with Gasteiger partial charge >= 0.3 is 6.09 Å². The normalized spacial score (nSPS) is 17.8. The predicted octanol–water partition coefficient (Wildman–Crippen LogP) is 5.78. The van der Waals surface area contributed by atoms with Gasteiger partial charge in [-0.1, -0.05) is 43.5 Å². The number of fused-ring (bicyclic) bond motifs is 3. The van der Waals surface area contributed by atoms with Crippen molar-refractivity contribution in [1.29, 1.82) is 5.26 Å². The lowest BCUT2D eigenvalue weighted by atomic mass is 9.93. The van der Waals surface area contributed by atoms with Crippen LogP contribution in [-0.2, 0) is 4.74 Å². The number of hydrogen-bond acceptors (Lipinski definition) is 6. The van der Waals surface area contributed by atoms with Crippen molar-refractivity contribution in [3.63, 3.8) is 0 Å². The van der Waals surface area contributed by atoms with Gasteiger partial charge in [-0.15, -0.1) is 6.42 Å². The SMILES string of the molecule is C#Cc1c(F)ccc2cccc(-c3ncc4c(N5C[C@@H]6[C@H]5CCN6C(=O)OCCCC)c(C#N)cnc4c3F)c12. The number of likely N-dealkylation sites (tertiary alicyclic amines) is 1. The Labute approximate surface area is 230 Å². The molecule has 2 saturated heterocycles. The maximum absolute atomic E-state index is 16.2. The molecule has 0 bridgehead atoms. The van der Waals surface area contributed by atoms with Gasteiger partial charge in [0.1, 0.15) is 23.1 Å². The minimum atomic E-state index is -0.687. The summed E-state index contributed by atoms with van der Waals surface area (Å²) in [6, 6.07) is 10.1. The summed E-state index contributed by atoms with van der Waals surface area (Å²) in [5.74, 6) is 1.12. The van der Waals surface area contributed by atoms with Crippen molar-refractivity contribution in [2.45, 2.75) is 38.3 Å². The molecule has 9 heteroatoms. The number of aromatic nitrogens is 2. The first kappa shape index (κ1) is 25.5. The number of anilines is 1. The van der Waals surface area contributed by atoms with Gasteiger partial charge in [-0.25, -0.2) is 13.6 Å². The van der Waals surface area contributed by atoms with Crippen LogP contribution in [0.1, 0.15) is 37.3 Å². The van der Waals surface area contributed by atoms with Crippen LogP contribution in [0.25, 0.3) is 32.9 Å². The van der Waals surface area contributed by atoms with Crippen LogP contribution < -0.4 is 4.90 Å². The smallest absolute Gasteiger partial charge is 0.410 e. The Balaban J connectivity index is 1.40. The summed E-state index contributed by atoms with van der Waals surface area (Å²) in [5.41, 5.74) is 1.27. The molecule has 2 fully saturated rings. The highest BCUT2D eigenvalue weighted by Crippen LogP contribution is 2.43. The van der Waals surface area contributed by atoms with Crippen molar-refractivity contribution < 1.29 is 18.3 Å². The first-order valence-corrected chi connectivity index (χ1v) is 13.2. The molecule has 2 atom stereocenters. The molecular formula is C31H25F2N5O2. The summed E-state index contributed by atoms with van der Waals surface area (Å²) in [7, 11) is 0. The van der Waals surface area contributed by atoms with E-state index in [4.69, 9.17) is 11.2 Å². The quantitative estimate of drug-likeness (QED) is 0.237. The second-order valence-electron chi connectivity index (χ2n) is 10.0. The van der Waals surface area contributed by atoms with Gasteiger partial charge in [0.15, 0.2) is 5.82 Å². The maximum Gasteiger partial charge on any atom is 0.410 e. The molecule has 0 unspecified atom stereocenters. The van der Waals surface area contributed by atoms with Gasteiger partial charge in [0.05, 0.1) is 35.5 Å². The lowest BCUT2D eigenvalue weighted by Gasteiger charge is -2.48. The first-order valence-electron chi connectivity index (χ1n) is 13.2. The van der Waals surface area contributed by atoms with E-state index in [0.29, 0.717) is 59.1 Å². The summed E-state index contributed by atoms with van der Waals surface area (Å²) in [6.45, 7) is 3.46. The number of halogens is 2. The van der Waals surface area contributed by atoms with E-state index in [2.05, 4.69) is 22.0 Å². The first-order chi connectivity index (χ1) is 19.5. The van der Waals surface area contributed by atoms with E-state index >= 15 is 4.39 Å². The number of carbonyl (C=O) groups is 1. The van der Waals surface area contributed by atoms with Crippen LogP contribution in [0.15, 0.2) is 42.7 Å². The lowest BCUT2D eigenvalue weighted by Crippen LogP contribution is -2.63. The number of pyridine rings is 2. The fourth-order valence-electron chi connectivity index (χ4n) is 5.87. The van der Waals surface area contributed by atoms with Crippen LogP contribution in [0.3, 0.4) is 0 Å². The largest absolute Gasteiger partial charge is 0.449 e. The van der Waals surface area contributed by atoms with Crippen molar-refractivity contribution in [1.82, 2.24) is 14.9 Å². The summed E-state index contributed by atoms with van der Waals surface area (Å²) in [5, 5.41) is 11.3. The average molecular weight is 538 g/mol. The molecule has 7 nitrogen and oxygen atoms in total. The van der Waals surface area contributed by atoms with Crippen LogP contribution in [0, 0.1) is 35.3 Å². The standard InChI is InChI=1S/C31H25F2N5O2/c1-3-5-13-40-31(39)37-12-11-24-25(37)17-38(24)30-19(14-34)15-35-29-22(30)16-36-28(27(29)33)21-8-6-7-18-9-10-23(32)20(4-2)26(18)21/h2,6-10,15-16,24-25H,3,5,11-13,17H2,1H3/t24-,25-/m1/s1. The summed E-state index contributed by atoms with van der Waals surface area (Å²) >= 11 is 0. The summed E-state index contributed by atoms with van der Waals surface area (Å²) in [6.07, 6.45) is 10.6. The molecule has 2 aromatic heterocycles. The third-order valence-electron chi connectivity index (χ3n) is 7.88. The molecule has 2 aromatic carbocycles. The van der Waals surface area contributed by atoms with Gasteiger partial charge in [-0.05, 0) is 24.3 Å². The highest BCUT2D eigenvalue weighted by Gasteiger charge is 2.50. The van der Waals surface area contributed by atoms with Crippen LogP contribution in [0.4, 0.5) is 19.3 Å².